The minimum absolute atomic E-state index is 0.0968. The van der Waals surface area contributed by atoms with Gasteiger partial charge in [0.05, 0.1) is 5.56 Å². The molecule has 150 valence electrons. The van der Waals surface area contributed by atoms with E-state index in [-0.39, 0.29) is 17.1 Å². The van der Waals surface area contributed by atoms with Gasteiger partial charge in [-0.25, -0.2) is 4.79 Å². The van der Waals surface area contributed by atoms with Crippen LogP contribution in [0, 0.1) is 23.2 Å². The Morgan fingerprint density at radius 1 is 1.04 bits per heavy atom. The highest BCUT2D eigenvalue weighted by Gasteiger charge is 2.55. The molecule has 4 saturated carbocycles. The summed E-state index contributed by atoms with van der Waals surface area (Å²) in [6.07, 6.45) is 6.10. The molecule has 28 heavy (non-hydrogen) atoms. The van der Waals surface area contributed by atoms with Crippen molar-refractivity contribution in [2.45, 2.75) is 65.0 Å². The molecule has 4 bridgehead atoms. The first-order valence-electron chi connectivity index (χ1n) is 10.4. The van der Waals surface area contributed by atoms with Crippen LogP contribution >= 0.6 is 0 Å². The maximum Gasteiger partial charge on any atom is 0.338 e. The van der Waals surface area contributed by atoms with Crippen molar-refractivity contribution in [1.29, 1.82) is 0 Å². The standard InChI is InChI=1S/C23H29NO4/c1-14(21(26)23-10-17-7-18(11-23)9-19(8-17)12-23)28-22(27)20-5-3-16(4-6-20)13-24-15(2)25/h3-6,14,17-19H,7-13H2,1-2H3,(H,24,25). The van der Waals surface area contributed by atoms with E-state index >= 15 is 0 Å². The minimum atomic E-state index is -0.706. The molecule has 1 unspecified atom stereocenters. The van der Waals surface area contributed by atoms with Crippen LogP contribution in [0.5, 0.6) is 0 Å². The first-order chi connectivity index (χ1) is 13.3. The van der Waals surface area contributed by atoms with Crippen LogP contribution in [0.4, 0.5) is 0 Å². The normalized spacial score (nSPS) is 31.3. The van der Waals surface area contributed by atoms with Crippen LogP contribution in [-0.4, -0.2) is 23.8 Å². The van der Waals surface area contributed by atoms with E-state index in [1.165, 1.54) is 26.2 Å². The van der Waals surface area contributed by atoms with Crippen LogP contribution in [-0.2, 0) is 20.9 Å². The number of nitrogens with one attached hydrogen (secondary N) is 1. The topological polar surface area (TPSA) is 72.5 Å². The molecule has 5 heteroatoms. The lowest BCUT2D eigenvalue weighted by Gasteiger charge is -2.56. The van der Waals surface area contributed by atoms with Crippen molar-refractivity contribution in [3.05, 3.63) is 35.4 Å². The van der Waals surface area contributed by atoms with Gasteiger partial charge in [0.2, 0.25) is 5.91 Å². The Balaban J connectivity index is 1.38. The number of hydrogen-bond donors (Lipinski definition) is 1. The number of ether oxygens (including phenoxy) is 1. The number of amides is 1. The second-order valence-corrected chi connectivity index (χ2v) is 9.22. The zero-order chi connectivity index (χ0) is 19.9. The number of rotatable bonds is 6. The molecule has 4 aliphatic rings. The van der Waals surface area contributed by atoms with E-state index in [4.69, 9.17) is 4.74 Å². The van der Waals surface area contributed by atoms with Gasteiger partial charge in [0.25, 0.3) is 0 Å². The number of esters is 1. The number of ketones is 1. The van der Waals surface area contributed by atoms with Crippen molar-refractivity contribution >= 4 is 17.7 Å². The number of carbonyl (C=O) groups excluding carboxylic acids is 3. The molecule has 0 aromatic heterocycles. The van der Waals surface area contributed by atoms with E-state index in [1.807, 2.05) is 0 Å². The fourth-order valence-corrected chi connectivity index (χ4v) is 6.11. The smallest absolute Gasteiger partial charge is 0.338 e. The molecule has 5 nitrogen and oxygen atoms in total. The van der Waals surface area contributed by atoms with E-state index in [2.05, 4.69) is 5.32 Å². The van der Waals surface area contributed by atoms with Gasteiger partial charge >= 0.3 is 5.97 Å². The molecule has 0 aliphatic heterocycles. The fourth-order valence-electron chi connectivity index (χ4n) is 6.11. The summed E-state index contributed by atoms with van der Waals surface area (Å²) in [5.74, 6) is 1.64. The third kappa shape index (κ3) is 3.71. The highest BCUT2D eigenvalue weighted by atomic mass is 16.5. The van der Waals surface area contributed by atoms with Gasteiger partial charge in [-0.3, -0.25) is 9.59 Å². The quantitative estimate of drug-likeness (QED) is 0.761. The lowest BCUT2D eigenvalue weighted by atomic mass is 9.48. The zero-order valence-electron chi connectivity index (χ0n) is 16.7. The highest BCUT2D eigenvalue weighted by Crippen LogP contribution is 2.60. The molecular weight excluding hydrogens is 354 g/mol. The number of Topliss-reactive ketones (excluding diaryl/α,β-unsaturated/α-hetero) is 1. The van der Waals surface area contributed by atoms with E-state index < -0.39 is 12.1 Å². The lowest BCUT2D eigenvalue weighted by molar-refractivity contribution is -0.152. The Labute approximate surface area is 166 Å². The largest absolute Gasteiger partial charge is 0.451 e. The van der Waals surface area contributed by atoms with Crippen molar-refractivity contribution in [2.75, 3.05) is 0 Å². The summed E-state index contributed by atoms with van der Waals surface area (Å²) in [7, 11) is 0. The summed E-state index contributed by atoms with van der Waals surface area (Å²) in [6.45, 7) is 3.61. The third-order valence-electron chi connectivity index (χ3n) is 6.95. The molecule has 1 aromatic carbocycles. The zero-order valence-corrected chi connectivity index (χ0v) is 16.7. The van der Waals surface area contributed by atoms with Gasteiger partial charge in [0.1, 0.15) is 0 Å². The van der Waals surface area contributed by atoms with E-state index in [0.29, 0.717) is 29.9 Å². The Kier molecular flexibility index (Phi) is 5.02. The van der Waals surface area contributed by atoms with Gasteiger partial charge in [-0.2, -0.15) is 0 Å². The van der Waals surface area contributed by atoms with Gasteiger partial charge in [-0.15, -0.1) is 0 Å². The SMILES string of the molecule is CC(=O)NCc1ccc(C(=O)OC(C)C(=O)C23CC4CC(CC(C4)C2)C3)cc1. The Morgan fingerprint density at radius 3 is 2.07 bits per heavy atom. The molecule has 4 fully saturated rings. The van der Waals surface area contributed by atoms with Crippen molar-refractivity contribution in [3.63, 3.8) is 0 Å². The highest BCUT2D eigenvalue weighted by molar-refractivity contribution is 5.94. The second-order valence-electron chi connectivity index (χ2n) is 9.22. The molecule has 1 amide bonds. The average molecular weight is 383 g/mol. The molecule has 1 atom stereocenters. The maximum atomic E-state index is 13.2. The van der Waals surface area contributed by atoms with Crippen molar-refractivity contribution < 1.29 is 19.1 Å². The predicted octanol–water partition coefficient (Wildman–Crippen LogP) is 3.65. The van der Waals surface area contributed by atoms with Crippen LogP contribution < -0.4 is 5.32 Å². The van der Waals surface area contributed by atoms with Crippen LogP contribution in [0.15, 0.2) is 24.3 Å². The van der Waals surface area contributed by atoms with Crippen molar-refractivity contribution in [1.82, 2.24) is 5.32 Å². The molecular formula is C23H29NO4. The molecule has 0 heterocycles. The monoisotopic (exact) mass is 383 g/mol. The third-order valence-corrected chi connectivity index (χ3v) is 6.95. The van der Waals surface area contributed by atoms with E-state index in [0.717, 1.165) is 24.8 Å². The molecule has 0 radical (unpaired) electrons. The fraction of sp³-hybridized carbons (Fsp3) is 0.609. The van der Waals surface area contributed by atoms with Crippen LogP contribution in [0.2, 0.25) is 0 Å². The Bertz CT molecular complexity index is 747. The van der Waals surface area contributed by atoms with E-state index in [1.54, 1.807) is 31.2 Å². The van der Waals surface area contributed by atoms with Gasteiger partial charge in [0.15, 0.2) is 11.9 Å². The average Bonchev–Trinajstić information content (AvgIpc) is 2.65. The Hall–Kier alpha value is -2.17. The summed E-state index contributed by atoms with van der Waals surface area (Å²) in [6, 6.07) is 6.94. The summed E-state index contributed by atoms with van der Waals surface area (Å²) in [5, 5.41) is 2.72. The van der Waals surface area contributed by atoms with Crippen LogP contribution in [0.3, 0.4) is 0 Å². The van der Waals surface area contributed by atoms with Crippen molar-refractivity contribution in [2.24, 2.45) is 23.2 Å². The summed E-state index contributed by atoms with van der Waals surface area (Å²) in [5.41, 5.74) is 1.08. The van der Waals surface area contributed by atoms with E-state index in [9.17, 15) is 14.4 Å². The number of hydrogen-bond acceptors (Lipinski definition) is 4. The van der Waals surface area contributed by atoms with Crippen LogP contribution in [0.1, 0.15) is 68.3 Å². The number of carbonyl (C=O) groups is 3. The van der Waals surface area contributed by atoms with Gasteiger partial charge in [0, 0.05) is 18.9 Å². The summed E-state index contributed by atoms with van der Waals surface area (Å²) >= 11 is 0. The van der Waals surface area contributed by atoms with Gasteiger partial charge in [-0.1, -0.05) is 12.1 Å². The van der Waals surface area contributed by atoms with Gasteiger partial charge < -0.3 is 10.1 Å². The first kappa shape index (κ1) is 19.2. The minimum Gasteiger partial charge on any atom is -0.451 e. The molecule has 4 aliphatic carbocycles. The first-order valence-corrected chi connectivity index (χ1v) is 10.4. The number of benzene rings is 1. The maximum absolute atomic E-state index is 13.2. The molecule has 1 N–H and O–H groups in total. The second kappa shape index (κ2) is 7.34. The molecule has 1 aromatic rings. The Morgan fingerprint density at radius 2 is 1.57 bits per heavy atom. The molecule has 0 saturated heterocycles. The molecule has 5 rings (SSSR count). The molecule has 0 spiro atoms. The van der Waals surface area contributed by atoms with Crippen molar-refractivity contribution in [3.8, 4) is 0 Å². The lowest BCUT2D eigenvalue weighted by Crippen LogP contribution is -2.52. The summed E-state index contributed by atoms with van der Waals surface area (Å²) < 4.78 is 5.57. The predicted molar refractivity (Wildman–Crippen MR) is 104 cm³/mol. The van der Waals surface area contributed by atoms with Gasteiger partial charge in [-0.05, 0) is 80.9 Å². The summed E-state index contributed by atoms with van der Waals surface area (Å²) in [4.78, 5) is 36.8. The van der Waals surface area contributed by atoms with Crippen LogP contribution in [0.25, 0.3) is 0 Å².